The summed E-state index contributed by atoms with van der Waals surface area (Å²) >= 11 is 0. The van der Waals surface area contributed by atoms with Crippen molar-refractivity contribution in [3.05, 3.63) is 35.4 Å². The SMILES string of the molecule is CCc1cccc(C(=O)CCC(C)(C)N)c1. The molecule has 0 fully saturated rings. The van der Waals surface area contributed by atoms with Crippen LogP contribution in [0.2, 0.25) is 0 Å². The first kappa shape index (κ1) is 12.9. The van der Waals surface area contributed by atoms with Gasteiger partial charge in [-0.15, -0.1) is 0 Å². The van der Waals surface area contributed by atoms with Crippen molar-refractivity contribution in [3.63, 3.8) is 0 Å². The number of nitrogens with two attached hydrogens (primary N) is 1. The second-order valence-corrected chi connectivity index (χ2v) is 4.97. The van der Waals surface area contributed by atoms with Crippen LogP contribution in [0, 0.1) is 0 Å². The predicted octanol–water partition coefficient (Wildman–Crippen LogP) is 2.95. The minimum absolute atomic E-state index is 0.189. The van der Waals surface area contributed by atoms with Crippen LogP contribution in [-0.2, 0) is 6.42 Å². The van der Waals surface area contributed by atoms with Crippen molar-refractivity contribution in [2.24, 2.45) is 5.73 Å². The molecular formula is C14H21NO. The van der Waals surface area contributed by atoms with Gasteiger partial charge in [-0.05, 0) is 38.3 Å². The third-order valence-electron chi connectivity index (χ3n) is 2.65. The van der Waals surface area contributed by atoms with Gasteiger partial charge in [-0.3, -0.25) is 4.79 Å². The van der Waals surface area contributed by atoms with E-state index in [1.54, 1.807) is 0 Å². The lowest BCUT2D eigenvalue weighted by Crippen LogP contribution is -2.32. The van der Waals surface area contributed by atoms with Crippen LogP contribution in [0.25, 0.3) is 0 Å². The highest BCUT2D eigenvalue weighted by Crippen LogP contribution is 2.13. The van der Waals surface area contributed by atoms with Crippen molar-refractivity contribution >= 4 is 5.78 Å². The normalized spacial score (nSPS) is 11.5. The zero-order chi connectivity index (χ0) is 12.2. The van der Waals surface area contributed by atoms with Gasteiger partial charge in [0.1, 0.15) is 0 Å². The maximum Gasteiger partial charge on any atom is 0.162 e. The molecule has 0 saturated heterocycles. The Morgan fingerprint density at radius 2 is 2.06 bits per heavy atom. The summed E-state index contributed by atoms with van der Waals surface area (Å²) in [6.45, 7) is 5.98. The standard InChI is InChI=1S/C14H21NO/c1-4-11-6-5-7-12(10-11)13(16)8-9-14(2,3)15/h5-7,10H,4,8-9,15H2,1-3H3. The smallest absolute Gasteiger partial charge is 0.162 e. The highest BCUT2D eigenvalue weighted by atomic mass is 16.1. The van der Waals surface area contributed by atoms with Crippen LogP contribution in [-0.4, -0.2) is 11.3 Å². The van der Waals surface area contributed by atoms with Gasteiger partial charge in [-0.1, -0.05) is 25.1 Å². The second kappa shape index (κ2) is 5.26. The van der Waals surface area contributed by atoms with Gasteiger partial charge in [0.15, 0.2) is 5.78 Å². The molecule has 0 unspecified atom stereocenters. The van der Waals surface area contributed by atoms with Crippen molar-refractivity contribution in [2.75, 3.05) is 0 Å². The molecule has 1 rings (SSSR count). The maximum absolute atomic E-state index is 11.9. The zero-order valence-corrected chi connectivity index (χ0v) is 10.4. The average molecular weight is 219 g/mol. The largest absolute Gasteiger partial charge is 0.326 e. The van der Waals surface area contributed by atoms with Crippen molar-refractivity contribution in [3.8, 4) is 0 Å². The average Bonchev–Trinajstić information content (AvgIpc) is 2.25. The molecule has 1 aromatic rings. The molecule has 0 aliphatic rings. The fraction of sp³-hybridized carbons (Fsp3) is 0.500. The van der Waals surface area contributed by atoms with Gasteiger partial charge >= 0.3 is 0 Å². The van der Waals surface area contributed by atoms with Crippen molar-refractivity contribution in [2.45, 2.75) is 45.6 Å². The lowest BCUT2D eigenvalue weighted by molar-refractivity contribution is 0.0972. The van der Waals surface area contributed by atoms with Gasteiger partial charge in [0.2, 0.25) is 0 Å². The molecule has 16 heavy (non-hydrogen) atoms. The molecule has 0 aromatic heterocycles. The molecule has 0 amide bonds. The molecule has 0 spiro atoms. The number of aryl methyl sites for hydroxylation is 1. The summed E-state index contributed by atoms with van der Waals surface area (Å²) in [5, 5.41) is 0. The fourth-order valence-electron chi connectivity index (χ4n) is 1.54. The second-order valence-electron chi connectivity index (χ2n) is 4.97. The van der Waals surface area contributed by atoms with Crippen molar-refractivity contribution in [1.82, 2.24) is 0 Å². The molecular weight excluding hydrogens is 198 g/mol. The lowest BCUT2D eigenvalue weighted by Gasteiger charge is -2.17. The van der Waals surface area contributed by atoms with E-state index < -0.39 is 0 Å². The van der Waals surface area contributed by atoms with Gasteiger partial charge in [0, 0.05) is 17.5 Å². The Labute approximate surface area is 97.9 Å². The summed E-state index contributed by atoms with van der Waals surface area (Å²) < 4.78 is 0. The van der Waals surface area contributed by atoms with Gasteiger partial charge in [-0.25, -0.2) is 0 Å². The number of benzene rings is 1. The van der Waals surface area contributed by atoms with E-state index in [1.165, 1.54) is 5.56 Å². The Morgan fingerprint density at radius 3 is 2.62 bits per heavy atom. The number of carbonyl (C=O) groups excluding carboxylic acids is 1. The number of Topliss-reactive ketones (excluding diaryl/α,β-unsaturated/α-hetero) is 1. The number of hydrogen-bond acceptors (Lipinski definition) is 2. The summed E-state index contributed by atoms with van der Waals surface area (Å²) in [5.41, 5.74) is 7.62. The molecule has 0 aliphatic heterocycles. The molecule has 0 aliphatic carbocycles. The molecule has 2 heteroatoms. The first-order valence-corrected chi connectivity index (χ1v) is 5.83. The summed E-state index contributed by atoms with van der Waals surface area (Å²) in [6, 6.07) is 7.85. The first-order chi connectivity index (χ1) is 7.42. The van der Waals surface area contributed by atoms with Crippen LogP contribution in [0.15, 0.2) is 24.3 Å². The summed E-state index contributed by atoms with van der Waals surface area (Å²) in [7, 11) is 0. The van der Waals surface area contributed by atoms with Crippen LogP contribution in [0.3, 0.4) is 0 Å². The van der Waals surface area contributed by atoms with Gasteiger partial charge in [-0.2, -0.15) is 0 Å². The molecule has 1 aromatic carbocycles. The monoisotopic (exact) mass is 219 g/mol. The van der Waals surface area contributed by atoms with E-state index in [2.05, 4.69) is 6.92 Å². The Bertz CT molecular complexity index is 363. The third kappa shape index (κ3) is 4.15. The van der Waals surface area contributed by atoms with E-state index in [9.17, 15) is 4.79 Å². The van der Waals surface area contributed by atoms with Crippen LogP contribution in [0.5, 0.6) is 0 Å². The highest BCUT2D eigenvalue weighted by molar-refractivity contribution is 5.96. The number of rotatable bonds is 5. The molecule has 0 atom stereocenters. The molecule has 2 N–H and O–H groups in total. The Kier molecular flexibility index (Phi) is 4.25. The molecule has 0 heterocycles. The highest BCUT2D eigenvalue weighted by Gasteiger charge is 2.14. The molecule has 88 valence electrons. The molecule has 0 saturated carbocycles. The van der Waals surface area contributed by atoms with Gasteiger partial charge in [0.05, 0.1) is 0 Å². The van der Waals surface area contributed by atoms with Crippen LogP contribution >= 0.6 is 0 Å². The quantitative estimate of drug-likeness (QED) is 0.774. The van der Waals surface area contributed by atoms with E-state index in [-0.39, 0.29) is 11.3 Å². The summed E-state index contributed by atoms with van der Waals surface area (Å²) in [6.07, 6.45) is 2.21. The minimum Gasteiger partial charge on any atom is -0.326 e. The molecule has 0 bridgehead atoms. The summed E-state index contributed by atoms with van der Waals surface area (Å²) in [5.74, 6) is 0.189. The fourth-order valence-corrected chi connectivity index (χ4v) is 1.54. The first-order valence-electron chi connectivity index (χ1n) is 5.83. The third-order valence-corrected chi connectivity index (χ3v) is 2.65. The van der Waals surface area contributed by atoms with Crippen LogP contribution in [0.4, 0.5) is 0 Å². The van der Waals surface area contributed by atoms with E-state index >= 15 is 0 Å². The number of hydrogen-bond donors (Lipinski definition) is 1. The van der Waals surface area contributed by atoms with Gasteiger partial charge < -0.3 is 5.73 Å². The van der Waals surface area contributed by atoms with E-state index in [4.69, 9.17) is 5.73 Å². The van der Waals surface area contributed by atoms with Crippen LogP contribution < -0.4 is 5.73 Å². The lowest BCUT2D eigenvalue weighted by atomic mass is 9.95. The topological polar surface area (TPSA) is 43.1 Å². The Morgan fingerprint density at radius 1 is 1.38 bits per heavy atom. The molecule has 2 nitrogen and oxygen atoms in total. The van der Waals surface area contributed by atoms with E-state index in [0.717, 1.165) is 18.4 Å². The zero-order valence-electron chi connectivity index (χ0n) is 10.4. The van der Waals surface area contributed by atoms with Crippen LogP contribution in [0.1, 0.15) is 49.5 Å². The molecule has 0 radical (unpaired) electrons. The maximum atomic E-state index is 11.9. The summed E-state index contributed by atoms with van der Waals surface area (Å²) in [4.78, 5) is 11.9. The van der Waals surface area contributed by atoms with Crippen molar-refractivity contribution in [1.29, 1.82) is 0 Å². The number of ketones is 1. The van der Waals surface area contributed by atoms with E-state index in [1.807, 2.05) is 38.1 Å². The Hall–Kier alpha value is -1.15. The van der Waals surface area contributed by atoms with Gasteiger partial charge in [0.25, 0.3) is 0 Å². The van der Waals surface area contributed by atoms with Crippen molar-refractivity contribution < 1.29 is 4.79 Å². The Balaban J connectivity index is 2.66. The predicted molar refractivity (Wildman–Crippen MR) is 67.7 cm³/mol. The minimum atomic E-state index is -0.266. The number of carbonyl (C=O) groups is 1. The van der Waals surface area contributed by atoms with E-state index in [0.29, 0.717) is 6.42 Å².